The van der Waals surface area contributed by atoms with Crippen molar-refractivity contribution in [1.82, 2.24) is 20.1 Å². The number of para-hydroxylation sites is 1. The van der Waals surface area contributed by atoms with Crippen molar-refractivity contribution in [3.63, 3.8) is 0 Å². The SMILES string of the molecule is CN1CCN(C(=O)CNC(=O)Cc2csc(COc3ccccc3)n2)CC1. The van der Waals surface area contributed by atoms with E-state index >= 15 is 0 Å². The van der Waals surface area contributed by atoms with E-state index in [9.17, 15) is 9.59 Å². The van der Waals surface area contributed by atoms with Gasteiger partial charge in [0, 0.05) is 31.6 Å². The molecule has 1 aliphatic rings. The number of thiazole rings is 1. The minimum Gasteiger partial charge on any atom is -0.486 e. The lowest BCUT2D eigenvalue weighted by atomic mass is 10.3. The molecule has 1 aromatic heterocycles. The maximum Gasteiger partial charge on any atom is 0.242 e. The number of nitrogens with zero attached hydrogens (tertiary/aromatic N) is 3. The first-order valence-electron chi connectivity index (χ1n) is 8.94. The van der Waals surface area contributed by atoms with E-state index in [2.05, 4.69) is 15.2 Å². The van der Waals surface area contributed by atoms with Gasteiger partial charge in [0.05, 0.1) is 18.7 Å². The van der Waals surface area contributed by atoms with E-state index in [4.69, 9.17) is 4.74 Å². The minimum absolute atomic E-state index is 0.0355. The molecule has 1 aliphatic heterocycles. The Balaban J connectivity index is 1.39. The molecule has 0 unspecified atom stereocenters. The molecular weight excluding hydrogens is 364 g/mol. The van der Waals surface area contributed by atoms with Crippen LogP contribution in [0.15, 0.2) is 35.7 Å². The first-order valence-corrected chi connectivity index (χ1v) is 9.82. The Hall–Kier alpha value is -2.45. The summed E-state index contributed by atoms with van der Waals surface area (Å²) in [5, 5.41) is 5.36. The predicted molar refractivity (Wildman–Crippen MR) is 104 cm³/mol. The molecule has 1 N–H and O–H groups in total. The summed E-state index contributed by atoms with van der Waals surface area (Å²) in [6.45, 7) is 3.57. The molecule has 1 aromatic carbocycles. The number of nitrogens with one attached hydrogen (secondary N) is 1. The van der Waals surface area contributed by atoms with Gasteiger partial charge in [-0.15, -0.1) is 11.3 Å². The van der Waals surface area contributed by atoms with Crippen LogP contribution in [0, 0.1) is 0 Å². The van der Waals surface area contributed by atoms with Crippen LogP contribution in [0.25, 0.3) is 0 Å². The highest BCUT2D eigenvalue weighted by Gasteiger charge is 2.19. The van der Waals surface area contributed by atoms with E-state index in [1.54, 1.807) is 4.90 Å². The molecule has 0 bridgehead atoms. The summed E-state index contributed by atoms with van der Waals surface area (Å²) in [5.41, 5.74) is 0.691. The normalized spacial score (nSPS) is 14.8. The molecular formula is C19H24N4O3S. The second-order valence-electron chi connectivity index (χ2n) is 6.47. The number of carbonyl (C=O) groups is 2. The van der Waals surface area contributed by atoms with Crippen molar-refractivity contribution in [2.75, 3.05) is 39.8 Å². The number of likely N-dealkylation sites (N-methyl/N-ethyl adjacent to an activating group) is 1. The third-order valence-corrected chi connectivity index (χ3v) is 5.21. The lowest BCUT2D eigenvalue weighted by Crippen LogP contribution is -2.50. The van der Waals surface area contributed by atoms with E-state index in [-0.39, 0.29) is 24.8 Å². The van der Waals surface area contributed by atoms with Crippen LogP contribution in [-0.2, 0) is 22.6 Å². The van der Waals surface area contributed by atoms with Gasteiger partial charge in [-0.05, 0) is 19.2 Å². The molecule has 3 rings (SSSR count). The fraction of sp³-hybridized carbons (Fsp3) is 0.421. The first-order chi connectivity index (χ1) is 13.1. The van der Waals surface area contributed by atoms with E-state index < -0.39 is 0 Å². The topological polar surface area (TPSA) is 74.8 Å². The third kappa shape index (κ3) is 6.04. The lowest BCUT2D eigenvalue weighted by Gasteiger charge is -2.32. The molecule has 1 saturated heterocycles. The van der Waals surface area contributed by atoms with Gasteiger partial charge in [0.1, 0.15) is 17.4 Å². The Morgan fingerprint density at radius 1 is 1.19 bits per heavy atom. The van der Waals surface area contributed by atoms with Gasteiger partial charge in [-0.25, -0.2) is 4.98 Å². The van der Waals surface area contributed by atoms with Crippen LogP contribution in [0.3, 0.4) is 0 Å². The number of benzene rings is 1. The molecule has 2 aromatic rings. The molecule has 144 valence electrons. The summed E-state index contributed by atoms with van der Waals surface area (Å²) >= 11 is 1.46. The monoisotopic (exact) mass is 388 g/mol. The summed E-state index contributed by atoms with van der Waals surface area (Å²) in [6.07, 6.45) is 0.165. The number of rotatable bonds is 7. The average molecular weight is 388 g/mol. The molecule has 0 spiro atoms. The lowest BCUT2D eigenvalue weighted by molar-refractivity contribution is -0.134. The molecule has 7 nitrogen and oxygen atoms in total. The third-order valence-electron chi connectivity index (χ3n) is 4.34. The fourth-order valence-corrected chi connectivity index (χ4v) is 3.43. The highest BCUT2D eigenvalue weighted by Crippen LogP contribution is 2.15. The minimum atomic E-state index is -0.196. The summed E-state index contributed by atoms with van der Waals surface area (Å²) in [4.78, 5) is 32.6. The molecule has 27 heavy (non-hydrogen) atoms. The first kappa shape index (κ1) is 19.3. The van der Waals surface area contributed by atoms with Gasteiger partial charge in [-0.2, -0.15) is 0 Å². The molecule has 1 fully saturated rings. The van der Waals surface area contributed by atoms with Crippen molar-refractivity contribution < 1.29 is 14.3 Å². The maximum absolute atomic E-state index is 12.1. The van der Waals surface area contributed by atoms with Crippen LogP contribution < -0.4 is 10.1 Å². The molecule has 8 heteroatoms. The largest absolute Gasteiger partial charge is 0.486 e. The number of hydrogen-bond acceptors (Lipinski definition) is 6. The number of hydrogen-bond donors (Lipinski definition) is 1. The molecule has 2 amide bonds. The van der Waals surface area contributed by atoms with Crippen molar-refractivity contribution in [3.8, 4) is 5.75 Å². The second kappa shape index (κ2) is 9.48. The highest BCUT2D eigenvalue weighted by atomic mass is 32.1. The molecule has 0 atom stereocenters. The average Bonchev–Trinajstić information content (AvgIpc) is 3.13. The Labute approximate surface area is 162 Å². The molecule has 0 aliphatic carbocycles. The van der Waals surface area contributed by atoms with Crippen molar-refractivity contribution in [2.45, 2.75) is 13.0 Å². The van der Waals surface area contributed by atoms with Gasteiger partial charge in [-0.1, -0.05) is 18.2 Å². The highest BCUT2D eigenvalue weighted by molar-refractivity contribution is 7.09. The van der Waals surface area contributed by atoms with Gasteiger partial charge in [-0.3, -0.25) is 9.59 Å². The van der Waals surface area contributed by atoms with E-state index in [1.165, 1.54) is 11.3 Å². The van der Waals surface area contributed by atoms with E-state index in [0.717, 1.165) is 23.8 Å². The summed E-state index contributed by atoms with van der Waals surface area (Å²) in [6, 6.07) is 9.53. The Bertz CT molecular complexity index is 757. The number of carbonyl (C=O) groups excluding carboxylic acids is 2. The van der Waals surface area contributed by atoms with Gasteiger partial charge >= 0.3 is 0 Å². The van der Waals surface area contributed by atoms with Gasteiger partial charge in [0.25, 0.3) is 0 Å². The van der Waals surface area contributed by atoms with Crippen LogP contribution >= 0.6 is 11.3 Å². The maximum atomic E-state index is 12.1. The molecule has 0 radical (unpaired) electrons. The summed E-state index contributed by atoms with van der Waals surface area (Å²) in [5.74, 6) is 0.555. The standard InChI is InChI=1S/C19H24N4O3S/c1-22-7-9-23(10-8-22)19(25)12-20-17(24)11-15-14-27-18(21-15)13-26-16-5-3-2-4-6-16/h2-6,14H,7-13H2,1H3,(H,20,24). The van der Waals surface area contributed by atoms with Crippen LogP contribution in [-0.4, -0.2) is 66.4 Å². The Morgan fingerprint density at radius 2 is 1.93 bits per heavy atom. The molecule has 2 heterocycles. The number of amides is 2. The zero-order chi connectivity index (χ0) is 19.1. The van der Waals surface area contributed by atoms with Crippen molar-refractivity contribution in [2.24, 2.45) is 0 Å². The molecule has 0 saturated carbocycles. The predicted octanol–water partition coefficient (Wildman–Crippen LogP) is 1.15. The Morgan fingerprint density at radius 3 is 2.67 bits per heavy atom. The zero-order valence-corrected chi connectivity index (χ0v) is 16.2. The number of aromatic nitrogens is 1. The number of ether oxygens (including phenoxy) is 1. The van der Waals surface area contributed by atoms with E-state index in [1.807, 2.05) is 42.8 Å². The van der Waals surface area contributed by atoms with E-state index in [0.29, 0.717) is 25.4 Å². The van der Waals surface area contributed by atoms with Crippen molar-refractivity contribution >= 4 is 23.2 Å². The summed E-state index contributed by atoms with van der Waals surface area (Å²) in [7, 11) is 2.04. The van der Waals surface area contributed by atoms with Gasteiger partial charge in [0.2, 0.25) is 11.8 Å². The van der Waals surface area contributed by atoms with Crippen LogP contribution in [0.1, 0.15) is 10.7 Å². The van der Waals surface area contributed by atoms with Gasteiger partial charge < -0.3 is 19.9 Å². The second-order valence-corrected chi connectivity index (χ2v) is 7.41. The Kier molecular flexibility index (Phi) is 6.78. The van der Waals surface area contributed by atoms with Crippen LogP contribution in [0.4, 0.5) is 0 Å². The van der Waals surface area contributed by atoms with Crippen molar-refractivity contribution in [3.05, 3.63) is 46.4 Å². The van der Waals surface area contributed by atoms with Gasteiger partial charge in [0.15, 0.2) is 0 Å². The van der Waals surface area contributed by atoms with Crippen LogP contribution in [0.5, 0.6) is 5.75 Å². The quantitative estimate of drug-likeness (QED) is 0.770. The van der Waals surface area contributed by atoms with Crippen molar-refractivity contribution in [1.29, 1.82) is 0 Å². The van der Waals surface area contributed by atoms with Crippen LogP contribution in [0.2, 0.25) is 0 Å². The number of piperazine rings is 1. The smallest absolute Gasteiger partial charge is 0.242 e. The fourth-order valence-electron chi connectivity index (χ4n) is 2.73. The zero-order valence-electron chi connectivity index (χ0n) is 15.4. The summed E-state index contributed by atoms with van der Waals surface area (Å²) < 4.78 is 5.66.